The van der Waals surface area contributed by atoms with Crippen molar-refractivity contribution in [3.05, 3.63) is 95.5 Å². The average molecular weight is 401 g/mol. The third-order valence-electron chi connectivity index (χ3n) is 4.25. The van der Waals surface area contributed by atoms with E-state index in [-0.39, 0.29) is 12.5 Å². The van der Waals surface area contributed by atoms with Gasteiger partial charge in [-0.05, 0) is 29.3 Å². The van der Waals surface area contributed by atoms with Gasteiger partial charge in [-0.3, -0.25) is 15.1 Å². The van der Waals surface area contributed by atoms with E-state index in [1.807, 2.05) is 66.0 Å². The molecule has 2 heterocycles. The second-order valence-corrected chi connectivity index (χ2v) is 7.22. The predicted molar refractivity (Wildman–Crippen MR) is 115 cm³/mol. The van der Waals surface area contributed by atoms with Gasteiger partial charge in [0.2, 0.25) is 0 Å². The maximum Gasteiger partial charge on any atom is 0.264 e. The van der Waals surface area contributed by atoms with Gasteiger partial charge < -0.3 is 4.74 Å². The zero-order chi connectivity index (χ0) is 19.9. The maximum atomic E-state index is 12.3. The van der Waals surface area contributed by atoms with E-state index in [9.17, 15) is 4.79 Å². The van der Waals surface area contributed by atoms with Crippen molar-refractivity contribution in [1.29, 1.82) is 0 Å². The van der Waals surface area contributed by atoms with Crippen molar-refractivity contribution in [2.75, 3.05) is 11.9 Å². The topological polar surface area (TPSA) is 64.1 Å². The number of benzene rings is 2. The van der Waals surface area contributed by atoms with Crippen molar-refractivity contribution in [1.82, 2.24) is 9.97 Å². The van der Waals surface area contributed by atoms with Crippen molar-refractivity contribution in [2.24, 2.45) is 0 Å². The van der Waals surface area contributed by atoms with E-state index in [0.29, 0.717) is 10.9 Å². The molecule has 5 nitrogen and oxygen atoms in total. The van der Waals surface area contributed by atoms with Crippen LogP contribution in [0.1, 0.15) is 11.1 Å². The summed E-state index contributed by atoms with van der Waals surface area (Å²) in [5, 5.41) is 5.18. The molecular formula is C23H19N3O2S. The lowest BCUT2D eigenvalue weighted by molar-refractivity contribution is -0.118. The number of carbonyl (C=O) groups is 1. The molecule has 1 N–H and O–H groups in total. The summed E-state index contributed by atoms with van der Waals surface area (Å²) in [6, 6.07) is 23.6. The molecule has 0 aliphatic heterocycles. The molecule has 0 aliphatic carbocycles. The molecule has 0 saturated heterocycles. The summed E-state index contributed by atoms with van der Waals surface area (Å²) in [6.45, 7) is -0.0791. The van der Waals surface area contributed by atoms with Crippen molar-refractivity contribution < 1.29 is 9.53 Å². The number of rotatable bonds is 7. The molecule has 2 aromatic carbocycles. The zero-order valence-electron chi connectivity index (χ0n) is 15.6. The van der Waals surface area contributed by atoms with E-state index in [1.165, 1.54) is 16.9 Å². The fourth-order valence-electron chi connectivity index (χ4n) is 2.87. The molecule has 0 spiro atoms. The molecule has 29 heavy (non-hydrogen) atoms. The highest BCUT2D eigenvalue weighted by Crippen LogP contribution is 2.24. The van der Waals surface area contributed by atoms with Gasteiger partial charge in [0.15, 0.2) is 11.7 Å². The number of para-hydroxylation sites is 1. The highest BCUT2D eigenvalue weighted by atomic mass is 32.1. The van der Waals surface area contributed by atoms with Crippen molar-refractivity contribution in [3.8, 4) is 17.1 Å². The monoisotopic (exact) mass is 401 g/mol. The Morgan fingerprint density at radius 3 is 2.55 bits per heavy atom. The first-order chi connectivity index (χ1) is 14.3. The average Bonchev–Trinajstić information content (AvgIpc) is 3.23. The molecule has 6 heteroatoms. The first-order valence-electron chi connectivity index (χ1n) is 9.19. The van der Waals surface area contributed by atoms with Crippen molar-refractivity contribution in [3.63, 3.8) is 0 Å². The maximum absolute atomic E-state index is 12.3. The number of carbonyl (C=O) groups excluding carboxylic acids is 1. The van der Waals surface area contributed by atoms with Gasteiger partial charge in [0.25, 0.3) is 5.91 Å². The van der Waals surface area contributed by atoms with Crippen LogP contribution in [-0.2, 0) is 11.2 Å². The van der Waals surface area contributed by atoms with E-state index >= 15 is 0 Å². The standard InChI is InChI=1S/C23H19N3O2S/c27-22(26-23-25-20(16-29-23)19-11-6-7-13-24-19)15-28-21-12-5-4-10-18(21)14-17-8-2-1-3-9-17/h1-13,16H,14-15H2,(H,25,26,27). The molecule has 144 valence electrons. The van der Waals surface area contributed by atoms with Crippen LogP contribution >= 0.6 is 11.3 Å². The summed E-state index contributed by atoms with van der Waals surface area (Å²) in [5.74, 6) is 0.459. The van der Waals surface area contributed by atoms with Crippen molar-refractivity contribution >= 4 is 22.4 Å². The van der Waals surface area contributed by atoms with Gasteiger partial charge in [0.05, 0.1) is 5.69 Å². The Morgan fingerprint density at radius 1 is 0.931 bits per heavy atom. The summed E-state index contributed by atoms with van der Waals surface area (Å²) in [5.41, 5.74) is 3.74. The number of ether oxygens (including phenoxy) is 1. The summed E-state index contributed by atoms with van der Waals surface area (Å²) >= 11 is 1.36. The van der Waals surface area contributed by atoms with Gasteiger partial charge in [0.1, 0.15) is 11.4 Å². The number of amides is 1. The smallest absolute Gasteiger partial charge is 0.264 e. The first-order valence-corrected chi connectivity index (χ1v) is 10.1. The van der Waals surface area contributed by atoms with Crippen LogP contribution in [0.2, 0.25) is 0 Å². The van der Waals surface area contributed by atoms with E-state index < -0.39 is 0 Å². The molecule has 0 atom stereocenters. The van der Waals surface area contributed by atoms with Crippen LogP contribution in [0.4, 0.5) is 5.13 Å². The number of aromatic nitrogens is 2. The Kier molecular flexibility index (Phi) is 5.92. The number of nitrogens with zero attached hydrogens (tertiary/aromatic N) is 2. The second-order valence-electron chi connectivity index (χ2n) is 6.36. The zero-order valence-corrected chi connectivity index (χ0v) is 16.4. The molecule has 0 fully saturated rings. The van der Waals surface area contributed by atoms with E-state index in [4.69, 9.17) is 4.74 Å². The van der Waals surface area contributed by atoms with Crippen LogP contribution in [0.15, 0.2) is 84.4 Å². The summed E-state index contributed by atoms with van der Waals surface area (Å²) in [6.07, 6.45) is 2.46. The molecule has 0 bridgehead atoms. The summed E-state index contributed by atoms with van der Waals surface area (Å²) in [7, 11) is 0. The third kappa shape index (κ3) is 5.06. The lowest BCUT2D eigenvalue weighted by Crippen LogP contribution is -2.20. The molecule has 4 aromatic rings. The summed E-state index contributed by atoms with van der Waals surface area (Å²) < 4.78 is 5.79. The number of nitrogens with one attached hydrogen (secondary N) is 1. The number of hydrogen-bond acceptors (Lipinski definition) is 5. The SMILES string of the molecule is O=C(COc1ccccc1Cc1ccccc1)Nc1nc(-c2ccccn2)cs1. The molecule has 0 unspecified atom stereocenters. The minimum absolute atomic E-state index is 0.0791. The van der Waals surface area contributed by atoms with Crippen molar-refractivity contribution in [2.45, 2.75) is 6.42 Å². The lowest BCUT2D eigenvalue weighted by atomic mass is 10.0. The highest BCUT2D eigenvalue weighted by Gasteiger charge is 2.11. The molecular weight excluding hydrogens is 382 g/mol. The Morgan fingerprint density at radius 2 is 1.72 bits per heavy atom. The predicted octanol–water partition coefficient (Wildman–Crippen LogP) is 4.81. The van der Waals surface area contributed by atoms with Gasteiger partial charge in [-0.15, -0.1) is 11.3 Å². The highest BCUT2D eigenvalue weighted by molar-refractivity contribution is 7.14. The first kappa shape index (κ1) is 18.8. The lowest BCUT2D eigenvalue weighted by Gasteiger charge is -2.11. The molecule has 1 amide bonds. The number of anilines is 1. The van der Waals surface area contributed by atoms with E-state index in [0.717, 1.165) is 23.4 Å². The molecule has 2 aromatic heterocycles. The van der Waals surface area contributed by atoms with Crippen LogP contribution in [0.3, 0.4) is 0 Å². The minimum atomic E-state index is -0.249. The number of hydrogen-bond donors (Lipinski definition) is 1. The quantitative estimate of drug-likeness (QED) is 0.482. The van der Waals surface area contributed by atoms with Gasteiger partial charge in [-0.2, -0.15) is 0 Å². The largest absolute Gasteiger partial charge is 0.483 e. The van der Waals surface area contributed by atoms with Gasteiger partial charge in [0, 0.05) is 18.0 Å². The van der Waals surface area contributed by atoms with Crippen LogP contribution in [0, 0.1) is 0 Å². The number of thiazole rings is 1. The third-order valence-corrected chi connectivity index (χ3v) is 5.00. The Labute approximate surface area is 173 Å². The van der Waals surface area contributed by atoms with Gasteiger partial charge >= 0.3 is 0 Å². The van der Waals surface area contributed by atoms with Crippen LogP contribution in [-0.4, -0.2) is 22.5 Å². The Bertz CT molecular complexity index is 1080. The fraction of sp³-hybridized carbons (Fsp3) is 0.0870. The van der Waals surface area contributed by atoms with E-state index in [1.54, 1.807) is 6.20 Å². The number of pyridine rings is 1. The molecule has 4 rings (SSSR count). The van der Waals surface area contributed by atoms with Crippen LogP contribution < -0.4 is 10.1 Å². The normalized spacial score (nSPS) is 10.5. The summed E-state index contributed by atoms with van der Waals surface area (Å²) in [4.78, 5) is 21.0. The van der Waals surface area contributed by atoms with Gasteiger partial charge in [-0.25, -0.2) is 4.98 Å². The molecule has 0 aliphatic rings. The molecule has 0 saturated carbocycles. The molecule has 0 radical (unpaired) electrons. The second kappa shape index (κ2) is 9.12. The van der Waals surface area contributed by atoms with E-state index in [2.05, 4.69) is 27.4 Å². The van der Waals surface area contributed by atoms with Crippen LogP contribution in [0.5, 0.6) is 5.75 Å². The van der Waals surface area contributed by atoms with Crippen LogP contribution in [0.25, 0.3) is 11.4 Å². The Balaban J connectivity index is 1.36. The minimum Gasteiger partial charge on any atom is -0.483 e. The Hall–Kier alpha value is -3.51. The van der Waals surface area contributed by atoms with Gasteiger partial charge in [-0.1, -0.05) is 54.6 Å². The fourth-order valence-corrected chi connectivity index (χ4v) is 3.59.